The fraction of sp³-hybridized carbons (Fsp3) is 0.765. The first-order chi connectivity index (χ1) is 11.8. The van der Waals surface area contributed by atoms with Crippen molar-refractivity contribution < 1.29 is 14.3 Å². The van der Waals surface area contributed by atoms with Gasteiger partial charge in [0.1, 0.15) is 23.8 Å². The van der Waals surface area contributed by atoms with Crippen LogP contribution < -0.4 is 5.32 Å². The predicted molar refractivity (Wildman–Crippen MR) is 91.0 cm³/mol. The summed E-state index contributed by atoms with van der Waals surface area (Å²) in [6.07, 6.45) is 5.81. The van der Waals surface area contributed by atoms with Crippen LogP contribution in [0.3, 0.4) is 0 Å². The van der Waals surface area contributed by atoms with Crippen molar-refractivity contribution in [1.29, 1.82) is 0 Å². The number of rotatable bonds is 5. The Balaban J connectivity index is 1.50. The van der Waals surface area contributed by atoms with Gasteiger partial charge in [-0.3, -0.25) is 9.69 Å². The van der Waals surface area contributed by atoms with Crippen LogP contribution in [0.5, 0.6) is 0 Å². The third kappa shape index (κ3) is 4.49. The Morgan fingerprint density at radius 2 is 2.08 bits per heavy atom. The first kappa shape index (κ1) is 17.7. The highest BCUT2D eigenvalue weighted by atomic mass is 16.6. The molecule has 8 nitrogen and oxygen atoms in total. The van der Waals surface area contributed by atoms with Crippen molar-refractivity contribution in [3.8, 4) is 0 Å². The largest absolute Gasteiger partial charge is 0.444 e. The minimum Gasteiger partial charge on any atom is -0.444 e. The molecule has 1 saturated heterocycles. The van der Waals surface area contributed by atoms with Gasteiger partial charge in [0.15, 0.2) is 0 Å². The highest BCUT2D eigenvalue weighted by molar-refractivity contribution is 5.86. The minimum absolute atomic E-state index is 0.124. The van der Waals surface area contributed by atoms with Gasteiger partial charge in [-0.25, -0.2) is 4.79 Å². The number of nitrogens with one attached hydrogen (secondary N) is 1. The maximum atomic E-state index is 12.5. The van der Waals surface area contributed by atoms with Crippen molar-refractivity contribution in [1.82, 2.24) is 25.0 Å². The molecule has 1 saturated carbocycles. The summed E-state index contributed by atoms with van der Waals surface area (Å²) in [5.41, 5.74) is -0.562. The van der Waals surface area contributed by atoms with Crippen molar-refractivity contribution in [2.45, 2.75) is 70.6 Å². The second-order valence-corrected chi connectivity index (χ2v) is 7.76. The fourth-order valence-corrected chi connectivity index (χ4v) is 3.10. The average Bonchev–Trinajstić information content (AvgIpc) is 3.07. The molecule has 3 rings (SSSR count). The number of hydrogen-bond acceptors (Lipinski definition) is 5. The van der Waals surface area contributed by atoms with E-state index in [0.717, 1.165) is 12.2 Å². The maximum absolute atomic E-state index is 12.5. The molecule has 0 unspecified atom stereocenters. The Morgan fingerprint density at radius 1 is 1.32 bits per heavy atom. The van der Waals surface area contributed by atoms with Crippen LogP contribution in [-0.4, -0.2) is 56.4 Å². The van der Waals surface area contributed by atoms with Gasteiger partial charge in [0.2, 0.25) is 5.91 Å². The summed E-state index contributed by atoms with van der Waals surface area (Å²) < 4.78 is 7.49. The van der Waals surface area contributed by atoms with Crippen LogP contribution >= 0.6 is 0 Å². The number of likely N-dealkylation sites (tertiary alicyclic amines) is 1. The van der Waals surface area contributed by atoms with Crippen LogP contribution in [0.25, 0.3) is 0 Å². The number of aromatic nitrogens is 3. The van der Waals surface area contributed by atoms with Crippen molar-refractivity contribution in [2.24, 2.45) is 0 Å². The van der Waals surface area contributed by atoms with Crippen molar-refractivity contribution in [3.05, 3.63) is 12.2 Å². The van der Waals surface area contributed by atoms with Crippen molar-refractivity contribution in [2.75, 3.05) is 13.1 Å². The lowest BCUT2D eigenvalue weighted by molar-refractivity contribution is -0.125. The van der Waals surface area contributed by atoms with E-state index in [-0.39, 0.29) is 5.91 Å². The monoisotopic (exact) mass is 349 g/mol. The van der Waals surface area contributed by atoms with Gasteiger partial charge in [-0.1, -0.05) is 0 Å². The van der Waals surface area contributed by atoms with Crippen LogP contribution in [0.1, 0.15) is 58.3 Å². The number of carbonyl (C=O) groups is 2. The molecule has 1 atom stereocenters. The summed E-state index contributed by atoms with van der Waals surface area (Å²) in [5, 5.41) is 11.0. The average molecular weight is 349 g/mol. The lowest BCUT2D eigenvalue weighted by Crippen LogP contribution is -2.47. The summed E-state index contributed by atoms with van der Waals surface area (Å²) in [4.78, 5) is 26.3. The second kappa shape index (κ2) is 7.01. The first-order valence-corrected chi connectivity index (χ1v) is 9.01. The molecule has 0 radical (unpaired) electrons. The summed E-state index contributed by atoms with van der Waals surface area (Å²) in [7, 11) is 0. The van der Waals surface area contributed by atoms with E-state index < -0.39 is 17.7 Å². The molecule has 0 spiro atoms. The minimum atomic E-state index is -0.562. The van der Waals surface area contributed by atoms with E-state index in [1.54, 1.807) is 6.33 Å². The Labute approximate surface area is 147 Å². The smallest absolute Gasteiger partial charge is 0.410 e. The van der Waals surface area contributed by atoms with Crippen LogP contribution in [0.4, 0.5) is 4.79 Å². The van der Waals surface area contributed by atoms with E-state index in [1.807, 2.05) is 20.8 Å². The molecule has 1 aliphatic carbocycles. The van der Waals surface area contributed by atoms with Crippen LogP contribution in [0.2, 0.25) is 0 Å². The molecular weight excluding hydrogens is 322 g/mol. The van der Waals surface area contributed by atoms with E-state index in [0.29, 0.717) is 32.0 Å². The molecule has 1 aromatic rings. The number of ether oxygens (including phenoxy) is 1. The fourth-order valence-electron chi connectivity index (χ4n) is 3.10. The van der Waals surface area contributed by atoms with Crippen LogP contribution in [0.15, 0.2) is 6.33 Å². The molecule has 8 heteroatoms. The number of amides is 2. The van der Waals surface area contributed by atoms with Crippen molar-refractivity contribution >= 4 is 12.0 Å². The van der Waals surface area contributed by atoms with E-state index in [1.165, 1.54) is 17.7 Å². The van der Waals surface area contributed by atoms with Gasteiger partial charge >= 0.3 is 6.09 Å². The van der Waals surface area contributed by atoms with Crippen LogP contribution in [0, 0.1) is 0 Å². The molecule has 0 aromatic carbocycles. The Morgan fingerprint density at radius 3 is 2.76 bits per heavy atom. The molecule has 138 valence electrons. The molecule has 2 amide bonds. The SMILES string of the molecule is CC(C)(C)OC(=O)N1CCC[C@@H]1C(=O)NCCc1nncn1C1CC1. The third-order valence-corrected chi connectivity index (χ3v) is 4.42. The lowest BCUT2D eigenvalue weighted by Gasteiger charge is -2.28. The molecule has 1 N–H and O–H groups in total. The number of carbonyl (C=O) groups excluding carboxylic acids is 2. The molecule has 1 aliphatic heterocycles. The summed E-state index contributed by atoms with van der Waals surface area (Å²) >= 11 is 0. The summed E-state index contributed by atoms with van der Waals surface area (Å²) in [6, 6.07) is 0.0781. The van der Waals surface area contributed by atoms with Crippen molar-refractivity contribution in [3.63, 3.8) is 0 Å². The summed E-state index contributed by atoms with van der Waals surface area (Å²) in [5.74, 6) is 0.777. The van der Waals surface area contributed by atoms with E-state index >= 15 is 0 Å². The quantitative estimate of drug-likeness (QED) is 0.873. The molecule has 2 heterocycles. The first-order valence-electron chi connectivity index (χ1n) is 9.01. The van der Waals surface area contributed by atoms with Gasteiger partial charge in [-0.15, -0.1) is 10.2 Å². The highest BCUT2D eigenvalue weighted by Crippen LogP contribution is 2.35. The zero-order valence-corrected chi connectivity index (χ0v) is 15.2. The Kier molecular flexibility index (Phi) is 4.96. The molecule has 2 fully saturated rings. The highest BCUT2D eigenvalue weighted by Gasteiger charge is 2.36. The number of hydrogen-bond donors (Lipinski definition) is 1. The van der Waals surface area contributed by atoms with E-state index in [2.05, 4.69) is 20.1 Å². The van der Waals surface area contributed by atoms with Gasteiger partial charge in [-0.2, -0.15) is 0 Å². The van der Waals surface area contributed by atoms with Gasteiger partial charge in [0.25, 0.3) is 0 Å². The lowest BCUT2D eigenvalue weighted by atomic mass is 10.2. The van der Waals surface area contributed by atoms with Gasteiger partial charge in [0.05, 0.1) is 0 Å². The molecular formula is C17H27N5O3. The standard InChI is InChI=1S/C17H27N5O3/c1-17(2,3)25-16(24)21-10-4-5-13(21)15(23)18-9-8-14-20-19-11-22(14)12-6-7-12/h11-13H,4-10H2,1-3H3,(H,18,23)/t13-/m1/s1. The van der Waals surface area contributed by atoms with E-state index in [4.69, 9.17) is 4.74 Å². The maximum Gasteiger partial charge on any atom is 0.410 e. The zero-order chi connectivity index (χ0) is 18.0. The molecule has 25 heavy (non-hydrogen) atoms. The molecule has 2 aliphatic rings. The second-order valence-electron chi connectivity index (χ2n) is 7.76. The van der Waals surface area contributed by atoms with E-state index in [9.17, 15) is 9.59 Å². The zero-order valence-electron chi connectivity index (χ0n) is 15.2. The van der Waals surface area contributed by atoms with Gasteiger partial charge < -0.3 is 14.6 Å². The van der Waals surface area contributed by atoms with Crippen LogP contribution in [-0.2, 0) is 16.0 Å². The van der Waals surface area contributed by atoms with Gasteiger partial charge in [-0.05, 0) is 46.5 Å². The third-order valence-electron chi connectivity index (χ3n) is 4.42. The topological polar surface area (TPSA) is 89.3 Å². The molecule has 1 aromatic heterocycles. The Hall–Kier alpha value is -2.12. The normalized spacial score (nSPS) is 20.6. The Bertz CT molecular complexity index is 632. The predicted octanol–water partition coefficient (Wildman–Crippen LogP) is 1.67. The van der Waals surface area contributed by atoms with Gasteiger partial charge in [0, 0.05) is 25.6 Å². The molecule has 0 bridgehead atoms. The number of nitrogens with zero attached hydrogens (tertiary/aromatic N) is 4. The summed E-state index contributed by atoms with van der Waals surface area (Å²) in [6.45, 7) is 6.52.